The van der Waals surface area contributed by atoms with E-state index < -0.39 is 0 Å². The maximum absolute atomic E-state index is 9.11. The highest BCUT2D eigenvalue weighted by Gasteiger charge is 2.02. The predicted octanol–water partition coefficient (Wildman–Crippen LogP) is -0.00830. The Labute approximate surface area is 62.4 Å². The number of nitrogens with one attached hydrogen (secondary N) is 1. The Balaban J connectivity index is 3.12. The summed E-state index contributed by atoms with van der Waals surface area (Å²) in [5.41, 5.74) is 0. The molecule has 0 radical (unpaired) electrons. The van der Waals surface area contributed by atoms with E-state index in [1.54, 1.807) is 7.11 Å². The lowest BCUT2D eigenvalue weighted by Crippen LogP contribution is -2.34. The van der Waals surface area contributed by atoms with Crippen LogP contribution in [-0.4, -0.2) is 37.5 Å². The van der Waals surface area contributed by atoms with Crippen molar-refractivity contribution in [3.05, 3.63) is 0 Å². The van der Waals surface area contributed by atoms with Crippen molar-refractivity contribution in [3.8, 4) is 0 Å². The highest BCUT2D eigenvalue weighted by molar-refractivity contribution is 4.60. The molecule has 0 amide bonds. The fraction of sp³-hybridized carbons (Fsp3) is 1.00. The van der Waals surface area contributed by atoms with Crippen LogP contribution < -0.4 is 5.32 Å². The van der Waals surface area contributed by atoms with Gasteiger partial charge in [0, 0.05) is 19.7 Å². The van der Waals surface area contributed by atoms with E-state index in [-0.39, 0.29) is 6.10 Å². The van der Waals surface area contributed by atoms with E-state index in [2.05, 4.69) is 5.32 Å². The Morgan fingerprint density at radius 2 is 2.10 bits per heavy atom. The van der Waals surface area contributed by atoms with E-state index in [4.69, 9.17) is 9.84 Å². The summed E-state index contributed by atoms with van der Waals surface area (Å²) in [6.07, 6.45) is -0.382. The van der Waals surface area contributed by atoms with Crippen molar-refractivity contribution in [3.63, 3.8) is 0 Å². The zero-order chi connectivity index (χ0) is 7.98. The summed E-state index contributed by atoms with van der Waals surface area (Å²) >= 11 is 0. The molecule has 0 spiro atoms. The number of hydrogen-bond acceptors (Lipinski definition) is 3. The second kappa shape index (κ2) is 5.65. The fourth-order valence-corrected chi connectivity index (χ4v) is 0.623. The predicted molar refractivity (Wildman–Crippen MR) is 41.0 cm³/mol. The largest absolute Gasteiger partial charge is 0.389 e. The van der Waals surface area contributed by atoms with Crippen LogP contribution in [0.25, 0.3) is 0 Å². The van der Waals surface area contributed by atoms with E-state index in [9.17, 15) is 0 Å². The number of aliphatic hydroxyl groups is 1. The van der Waals surface area contributed by atoms with Crippen LogP contribution in [0.5, 0.6) is 0 Å². The van der Waals surface area contributed by atoms with Crippen LogP contribution in [0, 0.1) is 0 Å². The van der Waals surface area contributed by atoms with Crippen LogP contribution in [0.2, 0.25) is 0 Å². The molecule has 3 heteroatoms. The molecule has 62 valence electrons. The van der Waals surface area contributed by atoms with Gasteiger partial charge in [-0.25, -0.2) is 0 Å². The molecular formula is C7H17NO2. The minimum Gasteiger partial charge on any atom is -0.389 e. The van der Waals surface area contributed by atoms with Crippen molar-refractivity contribution in [2.75, 3.05) is 20.3 Å². The summed E-state index contributed by atoms with van der Waals surface area (Å²) < 4.78 is 4.75. The Bertz CT molecular complexity index is 76.0. The molecule has 0 unspecified atom stereocenters. The van der Waals surface area contributed by atoms with Gasteiger partial charge in [-0.15, -0.1) is 0 Å². The average Bonchev–Trinajstić information content (AvgIpc) is 1.85. The highest BCUT2D eigenvalue weighted by Crippen LogP contribution is 1.83. The van der Waals surface area contributed by atoms with Gasteiger partial charge in [0.15, 0.2) is 0 Å². The zero-order valence-electron chi connectivity index (χ0n) is 6.92. The molecular weight excluding hydrogens is 130 g/mol. The Morgan fingerprint density at radius 1 is 1.50 bits per heavy atom. The van der Waals surface area contributed by atoms with E-state index in [1.165, 1.54) is 0 Å². The lowest BCUT2D eigenvalue weighted by atomic mass is 10.3. The maximum Gasteiger partial charge on any atom is 0.0897 e. The summed E-state index contributed by atoms with van der Waals surface area (Å²) in [7, 11) is 1.58. The SMILES string of the molecule is COC[C@@H](O)CNC(C)C. The molecule has 0 aliphatic rings. The lowest BCUT2D eigenvalue weighted by molar-refractivity contribution is 0.0634. The van der Waals surface area contributed by atoms with Crippen LogP contribution in [0.3, 0.4) is 0 Å². The van der Waals surface area contributed by atoms with Crippen molar-refractivity contribution in [1.29, 1.82) is 0 Å². The van der Waals surface area contributed by atoms with Gasteiger partial charge in [-0.05, 0) is 0 Å². The van der Waals surface area contributed by atoms with E-state index >= 15 is 0 Å². The van der Waals surface area contributed by atoms with Crippen LogP contribution in [-0.2, 0) is 4.74 Å². The first-order chi connectivity index (χ1) is 4.66. The summed E-state index contributed by atoms with van der Waals surface area (Å²) in [6, 6.07) is 0.423. The normalized spacial score (nSPS) is 14.1. The Hall–Kier alpha value is -0.120. The van der Waals surface area contributed by atoms with Crippen LogP contribution in [0.1, 0.15) is 13.8 Å². The lowest BCUT2D eigenvalue weighted by Gasteiger charge is -2.12. The van der Waals surface area contributed by atoms with Gasteiger partial charge >= 0.3 is 0 Å². The van der Waals surface area contributed by atoms with Crippen molar-refractivity contribution in [2.45, 2.75) is 26.0 Å². The zero-order valence-corrected chi connectivity index (χ0v) is 6.92. The molecule has 0 aromatic carbocycles. The molecule has 2 N–H and O–H groups in total. The smallest absolute Gasteiger partial charge is 0.0897 e. The molecule has 0 aliphatic carbocycles. The third-order valence-electron chi connectivity index (χ3n) is 1.12. The Kier molecular flexibility index (Phi) is 5.58. The first-order valence-electron chi connectivity index (χ1n) is 3.57. The quantitative estimate of drug-likeness (QED) is 0.575. The van der Waals surface area contributed by atoms with Crippen molar-refractivity contribution >= 4 is 0 Å². The molecule has 1 atom stereocenters. The van der Waals surface area contributed by atoms with Crippen molar-refractivity contribution in [2.24, 2.45) is 0 Å². The summed E-state index contributed by atoms with van der Waals surface area (Å²) in [5.74, 6) is 0. The minimum atomic E-state index is -0.382. The third kappa shape index (κ3) is 6.01. The van der Waals surface area contributed by atoms with Gasteiger partial charge in [0.25, 0.3) is 0 Å². The fourth-order valence-electron chi connectivity index (χ4n) is 0.623. The van der Waals surface area contributed by atoms with Gasteiger partial charge in [0.05, 0.1) is 12.7 Å². The van der Waals surface area contributed by atoms with Gasteiger partial charge in [-0.3, -0.25) is 0 Å². The number of methoxy groups -OCH3 is 1. The number of aliphatic hydroxyl groups excluding tert-OH is 1. The first-order valence-corrected chi connectivity index (χ1v) is 3.57. The topological polar surface area (TPSA) is 41.5 Å². The Morgan fingerprint density at radius 3 is 2.50 bits per heavy atom. The van der Waals surface area contributed by atoms with Gasteiger partial charge in [0.1, 0.15) is 0 Å². The van der Waals surface area contributed by atoms with Crippen LogP contribution in [0.15, 0.2) is 0 Å². The minimum absolute atomic E-state index is 0.382. The van der Waals surface area contributed by atoms with E-state index in [0.717, 1.165) is 0 Å². The number of ether oxygens (including phenoxy) is 1. The van der Waals surface area contributed by atoms with Crippen molar-refractivity contribution < 1.29 is 9.84 Å². The van der Waals surface area contributed by atoms with Crippen LogP contribution >= 0.6 is 0 Å². The standard InChI is InChI=1S/C7H17NO2/c1-6(2)8-4-7(9)5-10-3/h6-9H,4-5H2,1-3H3/t7-/m0/s1. The van der Waals surface area contributed by atoms with Gasteiger partial charge in [0.2, 0.25) is 0 Å². The summed E-state index contributed by atoms with van der Waals surface area (Å²) in [6.45, 7) is 5.09. The second-order valence-electron chi connectivity index (χ2n) is 2.67. The molecule has 10 heavy (non-hydrogen) atoms. The summed E-state index contributed by atoms with van der Waals surface area (Å²) in [5, 5.41) is 12.2. The van der Waals surface area contributed by atoms with Gasteiger partial charge < -0.3 is 15.2 Å². The molecule has 0 fully saturated rings. The number of hydrogen-bond donors (Lipinski definition) is 2. The molecule has 0 bridgehead atoms. The molecule has 0 aromatic heterocycles. The molecule has 0 aliphatic heterocycles. The molecule has 0 rings (SSSR count). The second-order valence-corrected chi connectivity index (χ2v) is 2.67. The molecule has 0 heterocycles. The van der Waals surface area contributed by atoms with Gasteiger partial charge in [-0.2, -0.15) is 0 Å². The monoisotopic (exact) mass is 147 g/mol. The molecule has 0 saturated heterocycles. The van der Waals surface area contributed by atoms with Crippen LogP contribution in [0.4, 0.5) is 0 Å². The third-order valence-corrected chi connectivity index (χ3v) is 1.12. The average molecular weight is 147 g/mol. The van der Waals surface area contributed by atoms with Gasteiger partial charge in [-0.1, -0.05) is 13.8 Å². The molecule has 3 nitrogen and oxygen atoms in total. The van der Waals surface area contributed by atoms with E-state index in [1.807, 2.05) is 13.8 Å². The molecule has 0 saturated carbocycles. The van der Waals surface area contributed by atoms with Crippen molar-refractivity contribution in [1.82, 2.24) is 5.32 Å². The highest BCUT2D eigenvalue weighted by atomic mass is 16.5. The first kappa shape index (κ1) is 9.88. The summed E-state index contributed by atoms with van der Waals surface area (Å²) in [4.78, 5) is 0. The number of rotatable bonds is 5. The van der Waals surface area contributed by atoms with E-state index in [0.29, 0.717) is 19.2 Å². The maximum atomic E-state index is 9.11. The molecule has 0 aromatic rings.